The van der Waals surface area contributed by atoms with Crippen LogP contribution in [0.5, 0.6) is 0 Å². The van der Waals surface area contributed by atoms with E-state index in [4.69, 9.17) is 0 Å². The number of halogens is 4. The minimum atomic E-state index is -4.37. The minimum Gasteiger partial charge on any atom is -0.356 e. The molecule has 0 aliphatic carbocycles. The van der Waals surface area contributed by atoms with Crippen LogP contribution in [0.2, 0.25) is 0 Å². The lowest BCUT2D eigenvalue weighted by molar-refractivity contribution is -0.140. The first kappa shape index (κ1) is 24.4. The molecular weight excluding hydrogens is 490 g/mol. The van der Waals surface area contributed by atoms with Gasteiger partial charge in [-0.15, -0.1) is 35.3 Å². The molecule has 0 unspecified atom stereocenters. The number of likely N-dealkylation sites (tertiary alicyclic amines) is 1. The van der Waals surface area contributed by atoms with Crippen LogP contribution >= 0.6 is 35.3 Å². The average Bonchev–Trinajstić information content (AvgIpc) is 3.08. The Hall–Kier alpha value is -0.620. The van der Waals surface area contributed by atoms with Crippen molar-refractivity contribution in [2.45, 2.75) is 38.8 Å². The van der Waals surface area contributed by atoms with Gasteiger partial charge in [-0.2, -0.15) is 13.2 Å². The summed E-state index contributed by atoms with van der Waals surface area (Å²) in [4.78, 5) is 10.3. The monoisotopic (exact) mass is 519 g/mol. The Morgan fingerprint density at radius 3 is 2.56 bits per heavy atom. The van der Waals surface area contributed by atoms with Gasteiger partial charge in [0.05, 0.1) is 5.01 Å². The molecular formula is C17H29F3IN5S. The maximum Gasteiger partial charge on any atom is 0.434 e. The summed E-state index contributed by atoms with van der Waals surface area (Å²) < 4.78 is 37.6. The van der Waals surface area contributed by atoms with E-state index in [-0.39, 0.29) is 24.0 Å². The average molecular weight is 519 g/mol. The molecule has 27 heavy (non-hydrogen) atoms. The van der Waals surface area contributed by atoms with Gasteiger partial charge in [-0.1, -0.05) is 6.92 Å². The highest BCUT2D eigenvalue weighted by atomic mass is 127. The molecule has 0 aromatic carbocycles. The molecule has 1 fully saturated rings. The van der Waals surface area contributed by atoms with Gasteiger partial charge in [-0.25, -0.2) is 4.98 Å². The van der Waals surface area contributed by atoms with Gasteiger partial charge in [0, 0.05) is 31.9 Å². The Labute approximate surface area is 180 Å². The van der Waals surface area contributed by atoms with Crippen LogP contribution in [0, 0.1) is 5.92 Å². The quantitative estimate of drug-likeness (QED) is 0.250. The van der Waals surface area contributed by atoms with Gasteiger partial charge < -0.3 is 15.5 Å². The molecule has 2 rings (SSSR count). The molecule has 1 aromatic heterocycles. The third-order valence-electron chi connectivity index (χ3n) is 4.52. The van der Waals surface area contributed by atoms with Gasteiger partial charge in [-0.3, -0.25) is 4.99 Å². The van der Waals surface area contributed by atoms with Crippen LogP contribution < -0.4 is 10.6 Å². The molecule has 0 radical (unpaired) electrons. The minimum absolute atomic E-state index is 0. The standard InChI is InChI=1S/C17H28F3N5S.HI/c1-13-5-10-25(11-6-13)9-3-7-22-16(21-2)23-8-4-15-24-14(12-26-15)17(18,19)20;/h12-13H,3-11H2,1-2H3,(H2,21,22,23);1H. The first-order valence-electron chi connectivity index (χ1n) is 9.07. The Bertz CT molecular complexity index is 571. The van der Waals surface area contributed by atoms with E-state index in [1.54, 1.807) is 7.05 Å². The van der Waals surface area contributed by atoms with Crippen molar-refractivity contribution in [3.8, 4) is 0 Å². The Morgan fingerprint density at radius 1 is 1.30 bits per heavy atom. The van der Waals surface area contributed by atoms with Crippen LogP contribution in [0.25, 0.3) is 0 Å². The lowest BCUT2D eigenvalue weighted by Crippen LogP contribution is -2.40. The fourth-order valence-corrected chi connectivity index (χ4v) is 3.66. The molecule has 0 spiro atoms. The Morgan fingerprint density at radius 2 is 1.96 bits per heavy atom. The highest BCUT2D eigenvalue weighted by Crippen LogP contribution is 2.29. The number of aromatic nitrogens is 1. The van der Waals surface area contributed by atoms with Crippen molar-refractivity contribution in [1.82, 2.24) is 20.5 Å². The molecule has 156 valence electrons. The third kappa shape index (κ3) is 8.95. The molecule has 1 aliphatic rings. The van der Waals surface area contributed by atoms with E-state index in [1.165, 1.54) is 25.9 Å². The topological polar surface area (TPSA) is 52.6 Å². The molecule has 1 saturated heterocycles. The van der Waals surface area contributed by atoms with E-state index in [9.17, 15) is 13.2 Å². The number of hydrogen-bond donors (Lipinski definition) is 2. The molecule has 5 nitrogen and oxygen atoms in total. The number of thiazole rings is 1. The van der Waals surface area contributed by atoms with Crippen LogP contribution in [0.4, 0.5) is 13.2 Å². The molecule has 1 aliphatic heterocycles. The van der Waals surface area contributed by atoms with E-state index < -0.39 is 11.9 Å². The summed E-state index contributed by atoms with van der Waals surface area (Å²) in [5.74, 6) is 1.52. The summed E-state index contributed by atoms with van der Waals surface area (Å²) in [6, 6.07) is 0. The molecule has 0 atom stereocenters. The fraction of sp³-hybridized carbons (Fsp3) is 0.765. The summed E-state index contributed by atoms with van der Waals surface area (Å²) >= 11 is 1.04. The highest BCUT2D eigenvalue weighted by Gasteiger charge is 2.33. The number of nitrogens with zero attached hydrogens (tertiary/aromatic N) is 3. The number of aliphatic imine (C=N–C) groups is 1. The fourth-order valence-electron chi connectivity index (χ4n) is 2.86. The highest BCUT2D eigenvalue weighted by molar-refractivity contribution is 14.0. The van der Waals surface area contributed by atoms with Crippen molar-refractivity contribution >= 4 is 41.3 Å². The number of rotatable bonds is 7. The third-order valence-corrected chi connectivity index (χ3v) is 5.43. The Balaban J connectivity index is 0.00000364. The summed E-state index contributed by atoms with van der Waals surface area (Å²) in [6.07, 6.45) is -0.330. The molecule has 2 N–H and O–H groups in total. The van der Waals surface area contributed by atoms with Crippen molar-refractivity contribution in [2.75, 3.05) is 39.8 Å². The van der Waals surface area contributed by atoms with Gasteiger partial charge in [0.2, 0.25) is 0 Å². The van der Waals surface area contributed by atoms with Crippen molar-refractivity contribution in [2.24, 2.45) is 10.9 Å². The summed E-state index contributed by atoms with van der Waals surface area (Å²) in [6.45, 7) is 7.07. The second kappa shape index (κ2) is 12.1. The number of piperidine rings is 1. The van der Waals surface area contributed by atoms with Crippen LogP contribution in [-0.4, -0.2) is 55.6 Å². The second-order valence-corrected chi connectivity index (χ2v) is 7.62. The first-order valence-corrected chi connectivity index (χ1v) is 9.95. The normalized spacial score (nSPS) is 16.9. The first-order chi connectivity index (χ1) is 12.4. The largest absolute Gasteiger partial charge is 0.434 e. The van der Waals surface area contributed by atoms with E-state index >= 15 is 0 Å². The van der Waals surface area contributed by atoms with Crippen molar-refractivity contribution in [1.29, 1.82) is 0 Å². The van der Waals surface area contributed by atoms with E-state index in [0.29, 0.717) is 23.9 Å². The van der Waals surface area contributed by atoms with Gasteiger partial charge in [0.1, 0.15) is 0 Å². The maximum absolute atomic E-state index is 12.5. The maximum atomic E-state index is 12.5. The Kier molecular flexibility index (Phi) is 10.9. The van der Waals surface area contributed by atoms with E-state index in [1.807, 2.05) is 0 Å². The zero-order chi connectivity index (χ0) is 19.0. The van der Waals surface area contributed by atoms with Gasteiger partial charge in [0.15, 0.2) is 11.7 Å². The van der Waals surface area contributed by atoms with Gasteiger partial charge >= 0.3 is 6.18 Å². The summed E-state index contributed by atoms with van der Waals surface area (Å²) in [5.41, 5.74) is -0.813. The van der Waals surface area contributed by atoms with Gasteiger partial charge in [0.25, 0.3) is 0 Å². The number of nitrogens with one attached hydrogen (secondary N) is 2. The smallest absolute Gasteiger partial charge is 0.356 e. The molecule has 0 bridgehead atoms. The van der Waals surface area contributed by atoms with Crippen molar-refractivity contribution in [3.63, 3.8) is 0 Å². The number of guanidine groups is 1. The molecule has 1 aromatic rings. The SMILES string of the molecule is CN=C(NCCCN1CCC(C)CC1)NCCc1nc(C(F)(F)F)cs1.I. The lowest BCUT2D eigenvalue weighted by Gasteiger charge is -2.30. The predicted molar refractivity (Wildman–Crippen MR) is 115 cm³/mol. The summed E-state index contributed by atoms with van der Waals surface area (Å²) in [7, 11) is 1.69. The lowest BCUT2D eigenvalue weighted by atomic mass is 9.99. The number of alkyl halides is 3. The van der Waals surface area contributed by atoms with Gasteiger partial charge in [-0.05, 0) is 44.8 Å². The van der Waals surface area contributed by atoms with Crippen LogP contribution in [0.3, 0.4) is 0 Å². The van der Waals surface area contributed by atoms with Crippen molar-refractivity contribution < 1.29 is 13.2 Å². The van der Waals surface area contributed by atoms with Crippen LogP contribution in [0.15, 0.2) is 10.4 Å². The van der Waals surface area contributed by atoms with Crippen LogP contribution in [-0.2, 0) is 12.6 Å². The predicted octanol–water partition coefficient (Wildman–Crippen LogP) is 3.61. The number of hydrogen-bond acceptors (Lipinski definition) is 4. The zero-order valence-electron chi connectivity index (χ0n) is 15.8. The van der Waals surface area contributed by atoms with E-state index in [2.05, 4.69) is 32.4 Å². The summed E-state index contributed by atoms with van der Waals surface area (Å²) in [5, 5.41) is 7.90. The molecule has 2 heterocycles. The zero-order valence-corrected chi connectivity index (χ0v) is 19.0. The van der Waals surface area contributed by atoms with Crippen LogP contribution in [0.1, 0.15) is 36.9 Å². The molecule has 0 amide bonds. The molecule has 10 heteroatoms. The van der Waals surface area contributed by atoms with Crippen molar-refractivity contribution in [3.05, 3.63) is 16.1 Å². The second-order valence-electron chi connectivity index (χ2n) is 6.68. The van der Waals surface area contributed by atoms with E-state index in [0.717, 1.165) is 42.1 Å². The molecule has 0 saturated carbocycles.